The van der Waals surface area contributed by atoms with E-state index in [1.807, 2.05) is 31.4 Å². The molecule has 1 aromatic heterocycles. The maximum absolute atomic E-state index is 12.4. The van der Waals surface area contributed by atoms with Gasteiger partial charge in [0.05, 0.1) is 12.5 Å². The van der Waals surface area contributed by atoms with Gasteiger partial charge in [0.1, 0.15) is 0 Å². The third-order valence-corrected chi connectivity index (χ3v) is 4.20. The number of rotatable bonds is 8. The zero-order valence-electron chi connectivity index (χ0n) is 12.8. The molecule has 118 valence electrons. The number of urea groups is 1. The number of hydrogen-bond acceptors (Lipinski definition) is 3. The Labute approximate surface area is 130 Å². The molecule has 2 N–H and O–H groups in total. The molecule has 0 aliphatic heterocycles. The Morgan fingerprint density at radius 2 is 2.14 bits per heavy atom. The van der Waals surface area contributed by atoms with Gasteiger partial charge in [-0.1, -0.05) is 19.4 Å². The average Bonchev–Trinajstić information content (AvgIpc) is 2.91. The molecule has 1 unspecified atom stereocenters. The van der Waals surface area contributed by atoms with Crippen LogP contribution in [0.1, 0.15) is 51.0 Å². The highest BCUT2D eigenvalue weighted by Gasteiger charge is 2.22. The van der Waals surface area contributed by atoms with Crippen molar-refractivity contribution in [1.82, 2.24) is 10.2 Å². The van der Waals surface area contributed by atoms with Gasteiger partial charge >= 0.3 is 12.0 Å². The average molecular weight is 312 g/mol. The largest absolute Gasteiger partial charge is 0.481 e. The van der Waals surface area contributed by atoms with Gasteiger partial charge in [0.15, 0.2) is 0 Å². The summed E-state index contributed by atoms with van der Waals surface area (Å²) in [6, 6.07) is 3.75. The minimum absolute atomic E-state index is 0.00595. The van der Waals surface area contributed by atoms with Crippen molar-refractivity contribution < 1.29 is 14.7 Å². The van der Waals surface area contributed by atoms with Crippen LogP contribution in [0.5, 0.6) is 0 Å². The first kappa shape index (κ1) is 17.5. The molecule has 1 heterocycles. The molecular weight excluding hydrogens is 288 g/mol. The number of aliphatic carboxylic acids is 1. The fraction of sp³-hybridized carbons (Fsp3) is 0.600. The number of thiophene rings is 1. The SMILES string of the molecule is CCCC(NC(=O)N(CCC(=O)O)C(C)C)c1cccs1. The van der Waals surface area contributed by atoms with Gasteiger partial charge in [0.25, 0.3) is 0 Å². The van der Waals surface area contributed by atoms with Crippen molar-refractivity contribution in [2.45, 2.75) is 52.1 Å². The van der Waals surface area contributed by atoms with Gasteiger partial charge < -0.3 is 15.3 Å². The molecule has 0 radical (unpaired) electrons. The second kappa shape index (κ2) is 8.67. The number of carboxylic acids is 1. The quantitative estimate of drug-likeness (QED) is 0.772. The van der Waals surface area contributed by atoms with Crippen molar-refractivity contribution in [2.75, 3.05) is 6.54 Å². The molecule has 2 amide bonds. The number of nitrogens with one attached hydrogen (secondary N) is 1. The first-order chi connectivity index (χ1) is 9.95. The summed E-state index contributed by atoms with van der Waals surface area (Å²) in [7, 11) is 0. The number of carbonyl (C=O) groups is 2. The van der Waals surface area contributed by atoms with Gasteiger partial charge in [-0.25, -0.2) is 4.79 Å². The third-order valence-electron chi connectivity index (χ3n) is 3.21. The molecule has 0 fully saturated rings. The van der Waals surface area contributed by atoms with Crippen LogP contribution in [0.3, 0.4) is 0 Å². The molecule has 0 saturated heterocycles. The van der Waals surface area contributed by atoms with Crippen LogP contribution in [0.15, 0.2) is 17.5 Å². The molecule has 1 atom stereocenters. The van der Waals surface area contributed by atoms with E-state index in [1.165, 1.54) is 0 Å². The number of amides is 2. The highest BCUT2D eigenvalue weighted by Crippen LogP contribution is 2.23. The fourth-order valence-electron chi connectivity index (χ4n) is 2.11. The highest BCUT2D eigenvalue weighted by atomic mass is 32.1. The molecule has 1 rings (SSSR count). The second-order valence-electron chi connectivity index (χ2n) is 5.24. The van der Waals surface area contributed by atoms with Crippen molar-refractivity contribution in [2.24, 2.45) is 0 Å². The summed E-state index contributed by atoms with van der Waals surface area (Å²) in [6.45, 7) is 6.09. The Kier molecular flexibility index (Phi) is 7.22. The van der Waals surface area contributed by atoms with E-state index in [9.17, 15) is 9.59 Å². The second-order valence-corrected chi connectivity index (χ2v) is 6.22. The van der Waals surface area contributed by atoms with E-state index in [0.29, 0.717) is 0 Å². The van der Waals surface area contributed by atoms with Crippen molar-refractivity contribution in [3.05, 3.63) is 22.4 Å². The molecule has 0 aliphatic carbocycles. The zero-order valence-corrected chi connectivity index (χ0v) is 13.7. The summed E-state index contributed by atoms with van der Waals surface area (Å²) in [6.07, 6.45) is 1.81. The predicted octanol–water partition coefficient (Wildman–Crippen LogP) is 3.48. The fourth-order valence-corrected chi connectivity index (χ4v) is 2.92. The van der Waals surface area contributed by atoms with Gasteiger partial charge in [-0.2, -0.15) is 0 Å². The van der Waals surface area contributed by atoms with Crippen molar-refractivity contribution in [3.63, 3.8) is 0 Å². The number of hydrogen-bond donors (Lipinski definition) is 2. The van der Waals surface area contributed by atoms with Gasteiger partial charge in [-0.3, -0.25) is 4.79 Å². The third kappa shape index (κ3) is 5.75. The van der Waals surface area contributed by atoms with E-state index in [0.717, 1.165) is 17.7 Å². The molecule has 0 bridgehead atoms. The molecule has 1 aromatic rings. The number of carboxylic acid groups (broad SMARTS) is 1. The minimum atomic E-state index is -0.892. The summed E-state index contributed by atoms with van der Waals surface area (Å²) in [4.78, 5) is 25.8. The van der Waals surface area contributed by atoms with Gasteiger partial charge in [0.2, 0.25) is 0 Å². The first-order valence-corrected chi connectivity index (χ1v) is 8.16. The van der Waals surface area contributed by atoms with Crippen LogP contribution in [-0.2, 0) is 4.79 Å². The molecule has 0 aliphatic rings. The van der Waals surface area contributed by atoms with E-state index >= 15 is 0 Å². The number of nitrogens with zero attached hydrogens (tertiary/aromatic N) is 1. The Morgan fingerprint density at radius 3 is 2.62 bits per heavy atom. The van der Waals surface area contributed by atoms with Gasteiger partial charge in [-0.15, -0.1) is 11.3 Å². The summed E-state index contributed by atoms with van der Waals surface area (Å²) in [5, 5.41) is 13.8. The zero-order chi connectivity index (χ0) is 15.8. The molecule has 0 spiro atoms. The van der Waals surface area contributed by atoms with E-state index in [-0.39, 0.29) is 31.1 Å². The van der Waals surface area contributed by atoms with Crippen LogP contribution in [0, 0.1) is 0 Å². The van der Waals surface area contributed by atoms with E-state index < -0.39 is 5.97 Å². The Balaban J connectivity index is 2.71. The van der Waals surface area contributed by atoms with Crippen LogP contribution in [0.2, 0.25) is 0 Å². The normalized spacial score (nSPS) is 12.2. The highest BCUT2D eigenvalue weighted by molar-refractivity contribution is 7.10. The first-order valence-electron chi connectivity index (χ1n) is 7.28. The Bertz CT molecular complexity index is 446. The van der Waals surface area contributed by atoms with Crippen LogP contribution in [0.25, 0.3) is 0 Å². The van der Waals surface area contributed by atoms with E-state index in [1.54, 1.807) is 16.2 Å². The Morgan fingerprint density at radius 1 is 1.43 bits per heavy atom. The lowest BCUT2D eigenvalue weighted by Crippen LogP contribution is -2.46. The van der Waals surface area contributed by atoms with Crippen LogP contribution in [0.4, 0.5) is 4.79 Å². The van der Waals surface area contributed by atoms with Gasteiger partial charge in [0, 0.05) is 17.5 Å². The van der Waals surface area contributed by atoms with E-state index in [2.05, 4.69) is 12.2 Å². The summed E-state index contributed by atoms with van der Waals surface area (Å²) in [5.41, 5.74) is 0. The maximum atomic E-state index is 12.4. The number of carbonyl (C=O) groups excluding carboxylic acids is 1. The molecular formula is C15H24N2O3S. The molecule has 6 heteroatoms. The Hall–Kier alpha value is -1.56. The summed E-state index contributed by atoms with van der Waals surface area (Å²) in [5.74, 6) is -0.892. The van der Waals surface area contributed by atoms with Crippen molar-refractivity contribution >= 4 is 23.3 Å². The predicted molar refractivity (Wildman–Crippen MR) is 84.6 cm³/mol. The van der Waals surface area contributed by atoms with Crippen LogP contribution >= 0.6 is 11.3 Å². The molecule has 0 aromatic carbocycles. The summed E-state index contributed by atoms with van der Waals surface area (Å²) >= 11 is 1.62. The molecule has 0 saturated carbocycles. The molecule has 5 nitrogen and oxygen atoms in total. The van der Waals surface area contributed by atoms with Crippen molar-refractivity contribution in [3.8, 4) is 0 Å². The van der Waals surface area contributed by atoms with Gasteiger partial charge in [-0.05, 0) is 31.7 Å². The standard InChI is InChI=1S/C15H24N2O3S/c1-4-6-12(13-7-5-10-21-13)16-15(20)17(11(2)3)9-8-14(18)19/h5,7,10-12H,4,6,8-9H2,1-3H3,(H,16,20)(H,18,19). The minimum Gasteiger partial charge on any atom is -0.481 e. The monoisotopic (exact) mass is 312 g/mol. The van der Waals surface area contributed by atoms with Crippen molar-refractivity contribution in [1.29, 1.82) is 0 Å². The van der Waals surface area contributed by atoms with Crippen LogP contribution in [-0.4, -0.2) is 34.6 Å². The lowest BCUT2D eigenvalue weighted by atomic mass is 10.1. The summed E-state index contributed by atoms with van der Waals surface area (Å²) < 4.78 is 0. The topological polar surface area (TPSA) is 69.6 Å². The lowest BCUT2D eigenvalue weighted by molar-refractivity contribution is -0.137. The maximum Gasteiger partial charge on any atom is 0.318 e. The lowest BCUT2D eigenvalue weighted by Gasteiger charge is -2.29. The molecule has 21 heavy (non-hydrogen) atoms. The van der Waals surface area contributed by atoms with E-state index in [4.69, 9.17) is 5.11 Å². The smallest absolute Gasteiger partial charge is 0.318 e. The van der Waals surface area contributed by atoms with Crippen LogP contribution < -0.4 is 5.32 Å².